The van der Waals surface area contributed by atoms with Crippen molar-refractivity contribution in [3.05, 3.63) is 59.7 Å². The van der Waals surface area contributed by atoms with E-state index in [9.17, 15) is 9.18 Å². The Labute approximate surface area is 120 Å². The molecule has 7 heteroatoms. The molecule has 21 heavy (non-hydrogen) atoms. The van der Waals surface area contributed by atoms with E-state index in [0.717, 1.165) is 5.56 Å². The van der Waals surface area contributed by atoms with Crippen molar-refractivity contribution < 1.29 is 14.0 Å². The molecule has 0 atom stereocenters. The zero-order chi connectivity index (χ0) is 15.2. The van der Waals surface area contributed by atoms with Crippen LogP contribution in [0.4, 0.5) is 4.39 Å². The molecule has 1 aromatic heterocycles. The van der Waals surface area contributed by atoms with Crippen molar-refractivity contribution in [2.45, 2.75) is 0 Å². The van der Waals surface area contributed by atoms with E-state index < -0.39 is 5.97 Å². The van der Waals surface area contributed by atoms with E-state index >= 15 is 0 Å². The Morgan fingerprint density at radius 3 is 2.76 bits per heavy atom. The highest BCUT2D eigenvalue weighted by atomic mass is 19.1. The molecule has 108 valence electrons. The van der Waals surface area contributed by atoms with E-state index in [-0.39, 0.29) is 11.7 Å². The molecular weight excluding hydrogens is 275 g/mol. The van der Waals surface area contributed by atoms with Crippen LogP contribution in [0, 0.1) is 5.82 Å². The van der Waals surface area contributed by atoms with E-state index in [4.69, 9.17) is 5.73 Å². The summed E-state index contributed by atoms with van der Waals surface area (Å²) in [6.07, 6.45) is 6.08. The van der Waals surface area contributed by atoms with Crippen LogP contribution < -0.4 is 5.73 Å². The lowest BCUT2D eigenvalue weighted by molar-refractivity contribution is -0.137. The van der Waals surface area contributed by atoms with Gasteiger partial charge in [-0.1, -0.05) is 5.16 Å². The van der Waals surface area contributed by atoms with Gasteiger partial charge < -0.3 is 10.6 Å². The van der Waals surface area contributed by atoms with Gasteiger partial charge in [-0.05, 0) is 30.3 Å². The minimum atomic E-state index is -0.677. The number of hydrogen-bond acceptors (Lipinski definition) is 4. The third-order valence-corrected chi connectivity index (χ3v) is 2.51. The van der Waals surface area contributed by atoms with Gasteiger partial charge in [0.25, 0.3) is 0 Å². The molecule has 0 bridgehead atoms. The van der Waals surface area contributed by atoms with E-state index in [1.807, 2.05) is 0 Å². The van der Waals surface area contributed by atoms with Crippen molar-refractivity contribution in [3.8, 4) is 0 Å². The normalized spacial score (nSPS) is 11.8. The molecule has 0 amide bonds. The highest BCUT2D eigenvalue weighted by molar-refractivity contribution is 5.97. The molecule has 0 saturated heterocycles. The van der Waals surface area contributed by atoms with Gasteiger partial charge >= 0.3 is 5.97 Å². The van der Waals surface area contributed by atoms with Gasteiger partial charge in [-0.25, -0.2) is 9.18 Å². The van der Waals surface area contributed by atoms with Gasteiger partial charge in [-0.3, -0.25) is 4.68 Å². The summed E-state index contributed by atoms with van der Waals surface area (Å²) in [6.45, 7) is 0. The summed E-state index contributed by atoms with van der Waals surface area (Å²) in [5.74, 6) is -1.08. The van der Waals surface area contributed by atoms with E-state index in [1.165, 1.54) is 30.3 Å². The Balaban J connectivity index is 1.95. The van der Waals surface area contributed by atoms with Gasteiger partial charge in [-0.2, -0.15) is 5.10 Å². The SMILES string of the molecule is Cn1cc(/C=C/C(=O)O/N=C(\N)c2ccc(F)cc2)cn1. The fourth-order valence-electron chi connectivity index (χ4n) is 1.49. The molecule has 2 N–H and O–H groups in total. The number of hydrogen-bond donors (Lipinski definition) is 1. The standard InChI is InChI=1S/C14H13FN4O2/c1-19-9-10(8-17-19)2-7-13(20)21-18-14(16)11-3-5-12(15)6-4-11/h2-9H,1H3,(H2,16,18)/b7-2+. The molecule has 6 nitrogen and oxygen atoms in total. The Morgan fingerprint density at radius 1 is 1.43 bits per heavy atom. The van der Waals surface area contributed by atoms with E-state index in [1.54, 1.807) is 30.2 Å². The summed E-state index contributed by atoms with van der Waals surface area (Å²) >= 11 is 0. The number of oxime groups is 1. The highest BCUT2D eigenvalue weighted by Gasteiger charge is 2.02. The number of amidine groups is 1. The van der Waals surface area contributed by atoms with Crippen molar-refractivity contribution in [1.82, 2.24) is 9.78 Å². The zero-order valence-corrected chi connectivity index (χ0v) is 11.2. The molecule has 0 aliphatic carbocycles. The lowest BCUT2D eigenvalue weighted by Gasteiger charge is -1.99. The van der Waals surface area contributed by atoms with Crippen molar-refractivity contribution in [1.29, 1.82) is 0 Å². The first-order valence-electron chi connectivity index (χ1n) is 6.02. The van der Waals surface area contributed by atoms with Crippen LogP contribution in [0.2, 0.25) is 0 Å². The van der Waals surface area contributed by atoms with Crippen LogP contribution in [0.25, 0.3) is 6.08 Å². The molecular formula is C14H13FN4O2. The number of benzene rings is 1. The second kappa shape index (κ2) is 6.47. The number of rotatable bonds is 4. The molecule has 0 aliphatic rings. The third-order valence-electron chi connectivity index (χ3n) is 2.51. The fraction of sp³-hybridized carbons (Fsp3) is 0.0714. The first-order chi connectivity index (χ1) is 10.0. The fourth-order valence-corrected chi connectivity index (χ4v) is 1.49. The van der Waals surface area contributed by atoms with Crippen molar-refractivity contribution in [3.63, 3.8) is 0 Å². The number of nitrogens with two attached hydrogens (primary N) is 1. The predicted molar refractivity (Wildman–Crippen MR) is 75.5 cm³/mol. The summed E-state index contributed by atoms with van der Waals surface area (Å²) in [4.78, 5) is 16.1. The van der Waals surface area contributed by atoms with Crippen LogP contribution in [0.15, 0.2) is 47.9 Å². The van der Waals surface area contributed by atoms with E-state index in [2.05, 4.69) is 15.1 Å². The van der Waals surface area contributed by atoms with Crippen LogP contribution in [-0.2, 0) is 16.7 Å². The van der Waals surface area contributed by atoms with Gasteiger partial charge in [0.15, 0.2) is 5.84 Å². The molecule has 0 fully saturated rings. The summed E-state index contributed by atoms with van der Waals surface area (Å²) < 4.78 is 14.4. The molecule has 0 radical (unpaired) electrons. The molecule has 0 spiro atoms. The zero-order valence-electron chi connectivity index (χ0n) is 11.2. The smallest absolute Gasteiger partial charge is 0.358 e. The van der Waals surface area contributed by atoms with Gasteiger partial charge in [0.2, 0.25) is 0 Å². The molecule has 2 aromatic rings. The quantitative estimate of drug-likeness (QED) is 0.303. The van der Waals surface area contributed by atoms with Crippen LogP contribution >= 0.6 is 0 Å². The maximum atomic E-state index is 12.7. The molecule has 0 saturated carbocycles. The second-order valence-electron chi connectivity index (χ2n) is 4.17. The number of aryl methyl sites for hydroxylation is 1. The first-order valence-corrected chi connectivity index (χ1v) is 6.02. The number of aromatic nitrogens is 2. The van der Waals surface area contributed by atoms with Crippen LogP contribution in [0.1, 0.15) is 11.1 Å². The molecule has 0 unspecified atom stereocenters. The summed E-state index contributed by atoms with van der Waals surface area (Å²) in [5.41, 5.74) is 6.83. The first kappa shape index (κ1) is 14.4. The summed E-state index contributed by atoms with van der Waals surface area (Å²) in [6, 6.07) is 5.35. The maximum absolute atomic E-state index is 12.7. The van der Waals surface area contributed by atoms with Crippen LogP contribution in [0.3, 0.4) is 0 Å². The van der Waals surface area contributed by atoms with Gasteiger partial charge in [0.05, 0.1) is 6.20 Å². The van der Waals surface area contributed by atoms with Crippen molar-refractivity contribution in [2.75, 3.05) is 0 Å². The Bertz CT molecular complexity index is 689. The van der Waals surface area contributed by atoms with Crippen molar-refractivity contribution >= 4 is 17.9 Å². The number of carbonyl (C=O) groups excluding carboxylic acids is 1. The number of carbonyl (C=O) groups is 1. The minimum absolute atomic E-state index is 0.0156. The Hall–Kier alpha value is -2.96. The summed E-state index contributed by atoms with van der Waals surface area (Å²) in [5, 5.41) is 7.44. The Kier molecular flexibility index (Phi) is 4.45. The van der Waals surface area contributed by atoms with Gasteiger partial charge in [-0.15, -0.1) is 0 Å². The molecule has 1 heterocycles. The topological polar surface area (TPSA) is 82.5 Å². The minimum Gasteiger partial charge on any atom is -0.380 e. The van der Waals surface area contributed by atoms with Crippen LogP contribution in [-0.4, -0.2) is 21.6 Å². The number of halogens is 1. The van der Waals surface area contributed by atoms with Gasteiger partial charge in [0.1, 0.15) is 5.82 Å². The maximum Gasteiger partial charge on any atom is 0.358 e. The monoisotopic (exact) mass is 288 g/mol. The lowest BCUT2D eigenvalue weighted by Crippen LogP contribution is -2.14. The Morgan fingerprint density at radius 2 is 2.14 bits per heavy atom. The predicted octanol–water partition coefficient (Wildman–Crippen LogP) is 1.44. The molecule has 1 aromatic carbocycles. The average Bonchev–Trinajstić information content (AvgIpc) is 2.89. The van der Waals surface area contributed by atoms with Crippen LogP contribution in [0.5, 0.6) is 0 Å². The largest absolute Gasteiger partial charge is 0.380 e. The third kappa shape index (κ3) is 4.27. The number of nitrogens with zero attached hydrogens (tertiary/aromatic N) is 3. The average molecular weight is 288 g/mol. The lowest BCUT2D eigenvalue weighted by atomic mass is 10.2. The second-order valence-corrected chi connectivity index (χ2v) is 4.17. The summed E-state index contributed by atoms with van der Waals surface area (Å²) in [7, 11) is 1.77. The molecule has 2 rings (SSSR count). The van der Waals surface area contributed by atoms with Gasteiger partial charge in [0, 0.05) is 30.4 Å². The molecule has 0 aliphatic heterocycles. The van der Waals surface area contributed by atoms with Crippen molar-refractivity contribution in [2.24, 2.45) is 17.9 Å². The van der Waals surface area contributed by atoms with E-state index in [0.29, 0.717) is 5.56 Å². The highest BCUT2D eigenvalue weighted by Crippen LogP contribution is 2.03.